The van der Waals surface area contributed by atoms with E-state index in [1.165, 1.54) is 23.5 Å². The van der Waals surface area contributed by atoms with Gasteiger partial charge in [0.25, 0.3) is 11.8 Å². The van der Waals surface area contributed by atoms with E-state index >= 15 is 0 Å². The van der Waals surface area contributed by atoms with Gasteiger partial charge in [-0.15, -0.1) is 11.3 Å². The Kier molecular flexibility index (Phi) is 5.33. The fraction of sp³-hybridized carbons (Fsp3) is 0.120. The number of fused-ring (bicyclic) bond motifs is 1. The maximum Gasteiger partial charge on any atom is 0.264 e. The van der Waals surface area contributed by atoms with Crippen molar-refractivity contribution in [3.05, 3.63) is 99.7 Å². The van der Waals surface area contributed by atoms with Gasteiger partial charge in [0.2, 0.25) is 0 Å². The van der Waals surface area contributed by atoms with Crippen LogP contribution in [0.2, 0.25) is 0 Å². The summed E-state index contributed by atoms with van der Waals surface area (Å²) in [4.78, 5) is 27.7. The van der Waals surface area contributed by atoms with Crippen molar-refractivity contribution < 1.29 is 18.4 Å². The summed E-state index contributed by atoms with van der Waals surface area (Å²) in [7, 11) is 0. The molecular weight excluding hydrogens is 427 g/mol. The molecule has 1 aliphatic rings. The van der Waals surface area contributed by atoms with E-state index in [1.54, 1.807) is 30.3 Å². The number of carbonyl (C=O) groups is 2. The molecule has 5 nitrogen and oxygen atoms in total. The van der Waals surface area contributed by atoms with Gasteiger partial charge in [-0.05, 0) is 41.8 Å². The first-order chi connectivity index (χ1) is 15.6. The third-order valence-corrected chi connectivity index (χ3v) is 6.27. The lowest BCUT2D eigenvalue weighted by atomic mass is 10.1. The van der Waals surface area contributed by atoms with Gasteiger partial charge in [-0.25, -0.2) is 4.39 Å². The first kappa shape index (κ1) is 20.2. The van der Waals surface area contributed by atoms with Crippen LogP contribution in [-0.4, -0.2) is 23.3 Å². The summed E-state index contributed by atoms with van der Waals surface area (Å²) in [5.41, 5.74) is 2.31. The van der Waals surface area contributed by atoms with Crippen molar-refractivity contribution in [1.29, 1.82) is 0 Å². The molecule has 0 fully saturated rings. The number of hydrogen-bond donors (Lipinski definition) is 1. The molecule has 32 heavy (non-hydrogen) atoms. The predicted octanol–water partition coefficient (Wildman–Crippen LogP) is 5.60. The number of rotatable bonds is 4. The van der Waals surface area contributed by atoms with Crippen molar-refractivity contribution >= 4 is 28.8 Å². The molecule has 0 aliphatic carbocycles. The van der Waals surface area contributed by atoms with E-state index in [-0.39, 0.29) is 11.5 Å². The Balaban J connectivity index is 1.34. The van der Waals surface area contributed by atoms with Gasteiger partial charge in [-0.3, -0.25) is 9.59 Å². The molecule has 2 amide bonds. The quantitative estimate of drug-likeness (QED) is 0.444. The van der Waals surface area contributed by atoms with Crippen molar-refractivity contribution in [3.63, 3.8) is 0 Å². The van der Waals surface area contributed by atoms with Crippen molar-refractivity contribution in [3.8, 4) is 11.3 Å². The van der Waals surface area contributed by atoms with Gasteiger partial charge >= 0.3 is 0 Å². The highest BCUT2D eigenvalue weighted by atomic mass is 32.1. The standard InChI is InChI=1S/C25H19FN2O3S/c26-20-8-2-1-7-19(20)24(29)27-18-6-3-5-16(13-18)22-14-17-15-28(11-10-21(17)31-22)25(30)23-9-4-12-32-23/h1-9,12-14H,10-11,15H2,(H,27,29). The summed E-state index contributed by atoms with van der Waals surface area (Å²) in [5.74, 6) is 0.493. The Labute approximate surface area is 188 Å². The van der Waals surface area contributed by atoms with Gasteiger partial charge < -0.3 is 14.6 Å². The summed E-state index contributed by atoms with van der Waals surface area (Å²) in [6, 6.07) is 18.7. The van der Waals surface area contributed by atoms with Crippen LogP contribution >= 0.6 is 11.3 Å². The van der Waals surface area contributed by atoms with E-state index in [0.29, 0.717) is 31.0 Å². The van der Waals surface area contributed by atoms with Crippen LogP contribution in [0.1, 0.15) is 31.4 Å². The van der Waals surface area contributed by atoms with Crippen molar-refractivity contribution in [2.24, 2.45) is 0 Å². The zero-order valence-electron chi connectivity index (χ0n) is 17.0. The Morgan fingerprint density at radius 3 is 2.72 bits per heavy atom. The Bertz CT molecular complexity index is 1300. The van der Waals surface area contributed by atoms with Crippen LogP contribution in [0.3, 0.4) is 0 Å². The number of thiophene rings is 1. The maximum atomic E-state index is 13.9. The van der Waals surface area contributed by atoms with Crippen molar-refractivity contribution in [2.45, 2.75) is 13.0 Å². The van der Waals surface area contributed by atoms with E-state index in [1.807, 2.05) is 34.5 Å². The first-order valence-electron chi connectivity index (χ1n) is 10.2. The summed E-state index contributed by atoms with van der Waals surface area (Å²) >= 11 is 1.44. The molecule has 1 aliphatic heterocycles. The zero-order chi connectivity index (χ0) is 22.1. The molecule has 0 atom stereocenters. The number of nitrogens with zero attached hydrogens (tertiary/aromatic N) is 1. The monoisotopic (exact) mass is 446 g/mol. The number of furan rings is 1. The first-order valence-corrected chi connectivity index (χ1v) is 11.1. The Morgan fingerprint density at radius 2 is 1.91 bits per heavy atom. The molecule has 2 aromatic carbocycles. The van der Waals surface area contributed by atoms with E-state index < -0.39 is 11.7 Å². The number of benzene rings is 2. The molecule has 5 rings (SSSR count). The highest BCUT2D eigenvalue weighted by molar-refractivity contribution is 7.12. The van der Waals surface area contributed by atoms with Gasteiger partial charge in [0.1, 0.15) is 17.3 Å². The molecule has 3 heterocycles. The Hall–Kier alpha value is -3.71. The molecule has 1 N–H and O–H groups in total. The lowest BCUT2D eigenvalue weighted by molar-refractivity contribution is 0.0734. The summed E-state index contributed by atoms with van der Waals surface area (Å²) in [6.45, 7) is 1.11. The second-order valence-corrected chi connectivity index (χ2v) is 8.48. The lowest BCUT2D eigenvalue weighted by Gasteiger charge is -2.25. The highest BCUT2D eigenvalue weighted by Crippen LogP contribution is 2.31. The SMILES string of the molecule is O=C(Nc1cccc(-c2cc3c(o2)CCN(C(=O)c2cccs2)C3)c1)c1ccccc1F. The molecule has 0 bridgehead atoms. The third-order valence-electron chi connectivity index (χ3n) is 5.41. The van der Waals surface area contributed by atoms with Crippen molar-refractivity contribution in [2.75, 3.05) is 11.9 Å². The van der Waals surface area contributed by atoms with E-state index in [4.69, 9.17) is 4.42 Å². The minimum Gasteiger partial charge on any atom is -0.461 e. The molecule has 0 unspecified atom stereocenters. The average Bonchev–Trinajstić information content (AvgIpc) is 3.49. The molecule has 2 aromatic heterocycles. The third kappa shape index (κ3) is 3.94. The van der Waals surface area contributed by atoms with E-state index in [0.717, 1.165) is 21.8 Å². The molecule has 0 spiro atoms. The fourth-order valence-electron chi connectivity index (χ4n) is 3.80. The number of amides is 2. The molecule has 4 aromatic rings. The van der Waals surface area contributed by atoms with Crippen molar-refractivity contribution in [1.82, 2.24) is 4.90 Å². The highest BCUT2D eigenvalue weighted by Gasteiger charge is 2.25. The van der Waals surface area contributed by atoms with Gasteiger partial charge in [0.05, 0.1) is 10.4 Å². The Morgan fingerprint density at radius 1 is 1.03 bits per heavy atom. The minimum absolute atomic E-state index is 0.0122. The normalized spacial score (nSPS) is 13.0. The average molecular weight is 447 g/mol. The second-order valence-electron chi connectivity index (χ2n) is 7.53. The summed E-state index contributed by atoms with van der Waals surface area (Å²) in [5, 5.41) is 4.64. The predicted molar refractivity (Wildman–Crippen MR) is 121 cm³/mol. The maximum absolute atomic E-state index is 13.9. The van der Waals surface area contributed by atoms with E-state index in [9.17, 15) is 14.0 Å². The van der Waals surface area contributed by atoms with Gasteiger partial charge in [-0.2, -0.15) is 0 Å². The van der Waals surface area contributed by atoms with Crippen LogP contribution in [-0.2, 0) is 13.0 Å². The fourth-order valence-corrected chi connectivity index (χ4v) is 4.49. The molecule has 0 radical (unpaired) electrons. The van der Waals surface area contributed by atoms with Gasteiger partial charge in [-0.1, -0.05) is 30.3 Å². The molecular formula is C25H19FN2O3S. The number of halogens is 1. The van der Waals surface area contributed by atoms with Gasteiger partial charge in [0.15, 0.2) is 0 Å². The topological polar surface area (TPSA) is 62.6 Å². The minimum atomic E-state index is -0.568. The van der Waals surface area contributed by atoms with Crippen LogP contribution < -0.4 is 5.32 Å². The second kappa shape index (κ2) is 8.43. The lowest BCUT2D eigenvalue weighted by Crippen LogP contribution is -2.35. The summed E-state index contributed by atoms with van der Waals surface area (Å²) < 4.78 is 20.0. The van der Waals surface area contributed by atoms with Crippen LogP contribution in [0.4, 0.5) is 10.1 Å². The molecule has 0 saturated carbocycles. The number of anilines is 1. The van der Waals surface area contributed by atoms with Crippen LogP contribution in [0.15, 0.2) is 76.5 Å². The number of nitrogens with one attached hydrogen (secondary N) is 1. The number of carbonyl (C=O) groups excluding carboxylic acids is 2. The van der Waals surface area contributed by atoms with Crippen LogP contribution in [0.25, 0.3) is 11.3 Å². The largest absolute Gasteiger partial charge is 0.461 e. The molecule has 7 heteroatoms. The number of hydrogen-bond acceptors (Lipinski definition) is 4. The van der Waals surface area contributed by atoms with E-state index in [2.05, 4.69) is 5.32 Å². The molecule has 0 saturated heterocycles. The zero-order valence-corrected chi connectivity index (χ0v) is 17.8. The van der Waals surface area contributed by atoms with Crippen LogP contribution in [0.5, 0.6) is 0 Å². The summed E-state index contributed by atoms with van der Waals surface area (Å²) in [6.07, 6.45) is 0.649. The molecule has 160 valence electrons. The van der Waals surface area contributed by atoms with Crippen LogP contribution in [0, 0.1) is 5.82 Å². The smallest absolute Gasteiger partial charge is 0.264 e. The van der Waals surface area contributed by atoms with Gasteiger partial charge in [0, 0.05) is 36.3 Å².